The Balaban J connectivity index is 1.55. The molecule has 5 aromatic rings. The van der Waals surface area contributed by atoms with Crippen LogP contribution >= 0.6 is 11.8 Å². The molecule has 0 fully saturated rings. The smallest absolute Gasteiger partial charge is 0.258 e. The Morgan fingerprint density at radius 2 is 1.67 bits per heavy atom. The standard InChI is InChI=1S/C26H23N5OS/c1-17-12-13-22(14-18(17)2)31-25(20-9-5-4-6-10-20)28-29-26(31)33-16-21-15-24(32)30-19(3)8-7-11-23(30)27-21/h4-15H,16H2,1-3H3. The lowest BCUT2D eigenvalue weighted by molar-refractivity contribution is 0.882. The average molecular weight is 454 g/mol. The summed E-state index contributed by atoms with van der Waals surface area (Å²) in [6, 6.07) is 23.7. The summed E-state index contributed by atoms with van der Waals surface area (Å²) < 4.78 is 3.70. The van der Waals surface area contributed by atoms with Gasteiger partial charge in [-0.3, -0.25) is 13.8 Å². The fourth-order valence-corrected chi connectivity index (χ4v) is 4.66. The van der Waals surface area contributed by atoms with E-state index < -0.39 is 0 Å². The molecule has 0 amide bonds. The zero-order valence-corrected chi connectivity index (χ0v) is 19.5. The normalized spacial score (nSPS) is 11.2. The van der Waals surface area contributed by atoms with Crippen molar-refractivity contribution < 1.29 is 0 Å². The van der Waals surface area contributed by atoms with Gasteiger partial charge in [0.1, 0.15) is 5.65 Å². The molecule has 0 bridgehead atoms. The number of pyridine rings is 1. The van der Waals surface area contributed by atoms with Crippen molar-refractivity contribution in [3.8, 4) is 17.1 Å². The van der Waals surface area contributed by atoms with E-state index in [2.05, 4.69) is 51.8 Å². The fraction of sp³-hybridized carbons (Fsp3) is 0.154. The van der Waals surface area contributed by atoms with Crippen LogP contribution in [0, 0.1) is 20.8 Å². The SMILES string of the molecule is Cc1ccc(-n2c(SCc3cc(=O)n4c(C)cccc4n3)nnc2-c2ccccc2)cc1C. The van der Waals surface area contributed by atoms with Crippen molar-refractivity contribution in [3.05, 3.63) is 106 Å². The molecule has 0 aliphatic heterocycles. The van der Waals surface area contributed by atoms with E-state index in [4.69, 9.17) is 0 Å². The summed E-state index contributed by atoms with van der Waals surface area (Å²) in [5.41, 5.74) is 6.60. The minimum Gasteiger partial charge on any atom is -0.270 e. The van der Waals surface area contributed by atoms with Gasteiger partial charge in [-0.25, -0.2) is 4.98 Å². The molecular weight excluding hydrogens is 430 g/mol. The molecule has 0 saturated heterocycles. The van der Waals surface area contributed by atoms with Gasteiger partial charge < -0.3 is 0 Å². The van der Waals surface area contributed by atoms with Gasteiger partial charge in [0.15, 0.2) is 11.0 Å². The van der Waals surface area contributed by atoms with Crippen LogP contribution in [0.25, 0.3) is 22.7 Å². The van der Waals surface area contributed by atoms with Gasteiger partial charge in [0.05, 0.1) is 11.4 Å². The lowest BCUT2D eigenvalue weighted by Crippen LogP contribution is -2.17. The monoisotopic (exact) mass is 453 g/mol. The average Bonchev–Trinajstić information content (AvgIpc) is 3.24. The maximum Gasteiger partial charge on any atom is 0.258 e. The molecular formula is C26H23N5OS. The van der Waals surface area contributed by atoms with E-state index in [-0.39, 0.29) is 5.56 Å². The van der Waals surface area contributed by atoms with Gasteiger partial charge in [0.2, 0.25) is 0 Å². The van der Waals surface area contributed by atoms with Crippen molar-refractivity contribution in [2.24, 2.45) is 0 Å². The van der Waals surface area contributed by atoms with Crippen LogP contribution in [0.2, 0.25) is 0 Å². The number of hydrogen-bond acceptors (Lipinski definition) is 5. The highest BCUT2D eigenvalue weighted by molar-refractivity contribution is 7.98. The van der Waals surface area contributed by atoms with Crippen LogP contribution in [0.3, 0.4) is 0 Å². The minimum absolute atomic E-state index is 0.0747. The first-order valence-electron chi connectivity index (χ1n) is 10.7. The van der Waals surface area contributed by atoms with Crippen LogP contribution in [0.5, 0.6) is 0 Å². The number of fused-ring (bicyclic) bond motifs is 1. The van der Waals surface area contributed by atoms with Gasteiger partial charge in [-0.1, -0.05) is 54.2 Å². The Bertz CT molecular complexity index is 1520. The number of nitrogens with zero attached hydrogens (tertiary/aromatic N) is 5. The Kier molecular flexibility index (Phi) is 5.56. The summed E-state index contributed by atoms with van der Waals surface area (Å²) in [6.45, 7) is 6.11. The molecule has 6 nitrogen and oxygen atoms in total. The molecule has 0 aliphatic rings. The van der Waals surface area contributed by atoms with Crippen LogP contribution in [-0.4, -0.2) is 24.1 Å². The maximum atomic E-state index is 12.7. The van der Waals surface area contributed by atoms with Crippen molar-refractivity contribution in [1.29, 1.82) is 0 Å². The Hall–Kier alpha value is -3.71. The van der Waals surface area contributed by atoms with Gasteiger partial charge >= 0.3 is 0 Å². The molecule has 33 heavy (non-hydrogen) atoms. The molecule has 0 aliphatic carbocycles. The lowest BCUT2D eigenvalue weighted by atomic mass is 10.1. The zero-order chi connectivity index (χ0) is 22.9. The van der Waals surface area contributed by atoms with Gasteiger partial charge in [-0.2, -0.15) is 0 Å². The van der Waals surface area contributed by atoms with Crippen LogP contribution in [0.1, 0.15) is 22.5 Å². The van der Waals surface area contributed by atoms with E-state index in [1.807, 2.05) is 55.5 Å². The zero-order valence-electron chi connectivity index (χ0n) is 18.7. The van der Waals surface area contributed by atoms with Crippen molar-refractivity contribution in [1.82, 2.24) is 24.1 Å². The van der Waals surface area contributed by atoms with E-state index in [1.54, 1.807) is 10.5 Å². The second-order valence-electron chi connectivity index (χ2n) is 8.01. The molecule has 0 atom stereocenters. The molecule has 0 radical (unpaired) electrons. The van der Waals surface area contributed by atoms with Crippen molar-refractivity contribution in [2.75, 3.05) is 0 Å². The third-order valence-corrected chi connectivity index (χ3v) is 6.66. The molecule has 164 valence electrons. The second kappa shape index (κ2) is 8.67. The molecule has 0 saturated carbocycles. The number of hydrogen-bond donors (Lipinski definition) is 0. The summed E-state index contributed by atoms with van der Waals surface area (Å²) in [5.74, 6) is 1.29. The van der Waals surface area contributed by atoms with Crippen LogP contribution in [-0.2, 0) is 5.75 Å². The predicted octanol–water partition coefficient (Wildman–Crippen LogP) is 5.16. The van der Waals surface area contributed by atoms with E-state index in [9.17, 15) is 4.79 Å². The predicted molar refractivity (Wildman–Crippen MR) is 132 cm³/mol. The van der Waals surface area contributed by atoms with Gasteiger partial charge in [-0.05, 0) is 56.2 Å². The highest BCUT2D eigenvalue weighted by Gasteiger charge is 2.17. The second-order valence-corrected chi connectivity index (χ2v) is 8.95. The Morgan fingerprint density at radius 1 is 0.848 bits per heavy atom. The van der Waals surface area contributed by atoms with Crippen molar-refractivity contribution >= 4 is 17.4 Å². The third-order valence-electron chi connectivity index (χ3n) is 5.70. The Labute approximate surface area is 196 Å². The maximum absolute atomic E-state index is 12.7. The number of aromatic nitrogens is 5. The minimum atomic E-state index is -0.0747. The van der Waals surface area contributed by atoms with E-state index in [0.29, 0.717) is 17.1 Å². The highest BCUT2D eigenvalue weighted by Crippen LogP contribution is 2.30. The molecule has 0 unspecified atom stereocenters. The first-order chi connectivity index (χ1) is 16.0. The topological polar surface area (TPSA) is 65.1 Å². The highest BCUT2D eigenvalue weighted by atomic mass is 32.2. The van der Waals surface area contributed by atoms with Gasteiger partial charge in [0, 0.05) is 23.1 Å². The van der Waals surface area contributed by atoms with Crippen LogP contribution < -0.4 is 5.56 Å². The molecule has 2 aromatic carbocycles. The summed E-state index contributed by atoms with van der Waals surface area (Å²) in [6.07, 6.45) is 0. The van der Waals surface area contributed by atoms with Crippen molar-refractivity contribution in [2.45, 2.75) is 31.7 Å². The number of rotatable bonds is 5. The largest absolute Gasteiger partial charge is 0.270 e. The molecule has 0 N–H and O–H groups in total. The molecule has 7 heteroatoms. The summed E-state index contributed by atoms with van der Waals surface area (Å²) in [5, 5.41) is 9.76. The first kappa shape index (κ1) is 21.2. The lowest BCUT2D eigenvalue weighted by Gasteiger charge is -2.12. The number of aryl methyl sites for hydroxylation is 3. The number of thioether (sulfide) groups is 1. The first-order valence-corrected chi connectivity index (χ1v) is 11.7. The van der Waals surface area contributed by atoms with E-state index in [0.717, 1.165) is 27.9 Å². The van der Waals surface area contributed by atoms with E-state index >= 15 is 0 Å². The molecule has 3 heterocycles. The van der Waals surface area contributed by atoms with Crippen LogP contribution in [0.4, 0.5) is 0 Å². The van der Waals surface area contributed by atoms with E-state index in [1.165, 1.54) is 22.9 Å². The third kappa shape index (κ3) is 4.07. The quantitative estimate of drug-likeness (QED) is 0.344. The number of benzene rings is 2. The summed E-state index contributed by atoms with van der Waals surface area (Å²) >= 11 is 1.52. The summed E-state index contributed by atoms with van der Waals surface area (Å²) in [7, 11) is 0. The molecule has 0 spiro atoms. The van der Waals surface area contributed by atoms with Crippen LogP contribution in [0.15, 0.2) is 82.7 Å². The molecule has 5 rings (SSSR count). The molecule has 3 aromatic heterocycles. The van der Waals surface area contributed by atoms with Gasteiger partial charge in [0.25, 0.3) is 5.56 Å². The van der Waals surface area contributed by atoms with Gasteiger partial charge in [-0.15, -0.1) is 10.2 Å². The fourth-order valence-electron chi connectivity index (χ4n) is 3.81. The Morgan fingerprint density at radius 3 is 2.45 bits per heavy atom. The van der Waals surface area contributed by atoms with Crippen molar-refractivity contribution in [3.63, 3.8) is 0 Å². The summed E-state index contributed by atoms with van der Waals surface area (Å²) in [4.78, 5) is 17.3.